The van der Waals surface area contributed by atoms with Gasteiger partial charge in [-0.1, -0.05) is 17.3 Å². The average molecular weight is 332 g/mol. The molecule has 0 N–H and O–H groups in total. The van der Waals surface area contributed by atoms with Crippen LogP contribution < -0.4 is 4.74 Å². The third kappa shape index (κ3) is 4.29. The Labute approximate surface area is 135 Å². The first-order valence-electron chi connectivity index (χ1n) is 7.11. The third-order valence-electron chi connectivity index (χ3n) is 3.06. The van der Waals surface area contributed by atoms with Crippen molar-refractivity contribution in [2.45, 2.75) is 12.7 Å². The Kier molecular flexibility index (Phi) is 4.87. The van der Waals surface area contributed by atoms with Crippen molar-refractivity contribution in [2.75, 3.05) is 12.4 Å². The maximum atomic E-state index is 12.0. The van der Waals surface area contributed by atoms with E-state index >= 15 is 0 Å². The Balaban J connectivity index is 1.48. The number of aromatic nitrogens is 2. The summed E-state index contributed by atoms with van der Waals surface area (Å²) in [4.78, 5) is 4.17. The Bertz CT molecular complexity index is 783. The van der Waals surface area contributed by atoms with Crippen LogP contribution >= 0.6 is 0 Å². The molecular weight excluding hydrogens is 316 g/mol. The van der Waals surface area contributed by atoms with Crippen molar-refractivity contribution in [3.8, 4) is 17.3 Å². The van der Waals surface area contributed by atoms with Crippen LogP contribution in [0.5, 0.6) is 5.75 Å². The first-order chi connectivity index (χ1) is 11.2. The average Bonchev–Trinajstić information content (AvgIpc) is 3.18. The predicted octanol–water partition coefficient (Wildman–Crippen LogP) is 2.97. The maximum Gasteiger partial charge on any atom is 0.239 e. The van der Waals surface area contributed by atoms with Crippen LogP contribution in [0.2, 0.25) is 0 Å². The van der Waals surface area contributed by atoms with Gasteiger partial charge < -0.3 is 13.7 Å². The highest BCUT2D eigenvalue weighted by atomic mass is 32.2. The van der Waals surface area contributed by atoms with Gasteiger partial charge in [0.1, 0.15) is 11.5 Å². The predicted molar refractivity (Wildman–Crippen MR) is 85.4 cm³/mol. The summed E-state index contributed by atoms with van der Waals surface area (Å²) in [6.07, 6.45) is 1.53. The van der Waals surface area contributed by atoms with Gasteiger partial charge in [0.05, 0.1) is 18.6 Å². The highest BCUT2D eigenvalue weighted by Crippen LogP contribution is 2.16. The van der Waals surface area contributed by atoms with E-state index in [9.17, 15) is 4.21 Å². The number of hydrogen-bond donors (Lipinski definition) is 0. The van der Waals surface area contributed by atoms with Gasteiger partial charge in [-0.3, -0.25) is 4.21 Å². The number of rotatable bonds is 7. The molecule has 3 rings (SSSR count). The van der Waals surface area contributed by atoms with Crippen molar-refractivity contribution < 1.29 is 17.9 Å². The molecule has 0 aliphatic heterocycles. The number of nitrogens with zero attached hydrogens (tertiary/aromatic N) is 2. The molecule has 0 aliphatic rings. The molecule has 2 heterocycles. The van der Waals surface area contributed by atoms with E-state index in [-0.39, 0.29) is 5.75 Å². The van der Waals surface area contributed by atoms with Crippen molar-refractivity contribution in [3.05, 3.63) is 54.1 Å². The molecule has 0 unspecified atom stereocenters. The number of aryl methyl sites for hydroxylation is 1. The lowest BCUT2D eigenvalue weighted by Crippen LogP contribution is -2.10. The smallest absolute Gasteiger partial charge is 0.239 e. The first-order valence-corrected chi connectivity index (χ1v) is 8.60. The summed E-state index contributed by atoms with van der Waals surface area (Å²) in [5, 5.41) is 3.80. The minimum absolute atomic E-state index is 0.199. The summed E-state index contributed by atoms with van der Waals surface area (Å²) in [6.45, 7) is 2.37. The van der Waals surface area contributed by atoms with Gasteiger partial charge in [0.2, 0.25) is 11.7 Å². The quantitative estimate of drug-likeness (QED) is 0.662. The van der Waals surface area contributed by atoms with Gasteiger partial charge >= 0.3 is 0 Å². The van der Waals surface area contributed by atoms with Crippen LogP contribution in [-0.4, -0.2) is 26.7 Å². The molecule has 1 aromatic carbocycles. The van der Waals surface area contributed by atoms with Crippen molar-refractivity contribution >= 4 is 10.8 Å². The molecule has 7 heteroatoms. The van der Waals surface area contributed by atoms with E-state index in [0.29, 0.717) is 29.8 Å². The van der Waals surface area contributed by atoms with Crippen LogP contribution in [0, 0.1) is 6.92 Å². The van der Waals surface area contributed by atoms with Gasteiger partial charge in [-0.15, -0.1) is 0 Å². The highest BCUT2D eigenvalue weighted by Gasteiger charge is 2.13. The summed E-state index contributed by atoms with van der Waals surface area (Å²) < 4.78 is 27.9. The standard InChI is InChI=1S/C16H16N2O4S/c1-12-4-2-5-13(10-12)20-8-9-23(19)11-15-17-16(18-22-15)14-6-3-7-21-14/h2-7,10H,8-9,11H2,1H3/t23-/m0/s1. The topological polar surface area (TPSA) is 78.4 Å². The Morgan fingerprint density at radius 2 is 2.17 bits per heavy atom. The SMILES string of the molecule is Cc1cccc(OCC[S@](=O)Cc2nc(-c3ccco3)no2)c1. The van der Waals surface area contributed by atoms with E-state index in [0.717, 1.165) is 11.3 Å². The molecule has 0 fully saturated rings. The van der Waals surface area contributed by atoms with Crippen molar-refractivity contribution in [1.82, 2.24) is 10.1 Å². The van der Waals surface area contributed by atoms with Crippen LogP contribution in [0.4, 0.5) is 0 Å². The molecule has 23 heavy (non-hydrogen) atoms. The zero-order valence-electron chi connectivity index (χ0n) is 12.6. The monoisotopic (exact) mass is 332 g/mol. The first kappa shape index (κ1) is 15.5. The van der Waals surface area contributed by atoms with E-state index in [4.69, 9.17) is 13.7 Å². The molecule has 3 aromatic rings. The van der Waals surface area contributed by atoms with Gasteiger partial charge in [-0.2, -0.15) is 4.98 Å². The summed E-state index contributed by atoms with van der Waals surface area (Å²) in [5.41, 5.74) is 1.12. The second kappa shape index (κ2) is 7.23. The van der Waals surface area contributed by atoms with Crippen LogP contribution in [-0.2, 0) is 16.6 Å². The van der Waals surface area contributed by atoms with Crippen LogP contribution in [0.15, 0.2) is 51.6 Å². The normalized spacial score (nSPS) is 12.2. The lowest BCUT2D eigenvalue weighted by molar-refractivity contribution is 0.342. The number of hydrogen-bond acceptors (Lipinski definition) is 6. The molecule has 0 radical (unpaired) electrons. The summed E-state index contributed by atoms with van der Waals surface area (Å²) in [5.74, 6) is 2.58. The van der Waals surface area contributed by atoms with E-state index in [1.807, 2.05) is 31.2 Å². The minimum Gasteiger partial charge on any atom is -0.493 e. The minimum atomic E-state index is -1.14. The summed E-state index contributed by atoms with van der Waals surface area (Å²) in [6, 6.07) is 11.2. The summed E-state index contributed by atoms with van der Waals surface area (Å²) in [7, 11) is -1.14. The van der Waals surface area contributed by atoms with E-state index in [1.165, 1.54) is 6.26 Å². The maximum absolute atomic E-state index is 12.0. The van der Waals surface area contributed by atoms with Gasteiger partial charge in [0.15, 0.2) is 5.76 Å². The van der Waals surface area contributed by atoms with E-state index < -0.39 is 10.8 Å². The second-order valence-corrected chi connectivity index (χ2v) is 6.52. The highest BCUT2D eigenvalue weighted by molar-refractivity contribution is 7.84. The van der Waals surface area contributed by atoms with Gasteiger partial charge in [0, 0.05) is 10.8 Å². The van der Waals surface area contributed by atoms with Crippen molar-refractivity contribution in [1.29, 1.82) is 0 Å². The van der Waals surface area contributed by atoms with Crippen LogP contribution in [0.25, 0.3) is 11.6 Å². The molecule has 0 amide bonds. The Hall–Kier alpha value is -2.41. The second-order valence-electron chi connectivity index (χ2n) is 4.94. The van der Waals surface area contributed by atoms with E-state index in [2.05, 4.69) is 10.1 Å². The van der Waals surface area contributed by atoms with Crippen LogP contribution in [0.3, 0.4) is 0 Å². The molecule has 0 spiro atoms. The number of benzene rings is 1. The van der Waals surface area contributed by atoms with Gasteiger partial charge in [0.25, 0.3) is 0 Å². The number of furan rings is 1. The molecule has 1 atom stereocenters. The summed E-state index contributed by atoms with van der Waals surface area (Å²) >= 11 is 0. The van der Waals surface area contributed by atoms with Crippen molar-refractivity contribution in [2.24, 2.45) is 0 Å². The van der Waals surface area contributed by atoms with Crippen LogP contribution in [0.1, 0.15) is 11.5 Å². The number of ether oxygens (including phenoxy) is 1. The Morgan fingerprint density at radius 1 is 1.26 bits per heavy atom. The Morgan fingerprint density at radius 3 is 2.96 bits per heavy atom. The third-order valence-corrected chi connectivity index (χ3v) is 4.25. The fraction of sp³-hybridized carbons (Fsp3) is 0.250. The molecule has 0 saturated heterocycles. The van der Waals surface area contributed by atoms with Gasteiger partial charge in [-0.05, 0) is 36.8 Å². The lowest BCUT2D eigenvalue weighted by Gasteiger charge is -2.05. The molecule has 0 bridgehead atoms. The zero-order valence-corrected chi connectivity index (χ0v) is 13.4. The van der Waals surface area contributed by atoms with Gasteiger partial charge in [-0.25, -0.2) is 0 Å². The molecule has 0 saturated carbocycles. The fourth-order valence-corrected chi connectivity index (χ4v) is 2.79. The molecule has 120 valence electrons. The van der Waals surface area contributed by atoms with Crippen molar-refractivity contribution in [3.63, 3.8) is 0 Å². The lowest BCUT2D eigenvalue weighted by atomic mass is 10.2. The molecule has 0 aliphatic carbocycles. The zero-order chi connectivity index (χ0) is 16.1. The van der Waals surface area contributed by atoms with E-state index in [1.54, 1.807) is 12.1 Å². The molecule has 6 nitrogen and oxygen atoms in total. The largest absolute Gasteiger partial charge is 0.493 e. The molecular formula is C16H16N2O4S. The molecule has 2 aromatic heterocycles. The fourth-order valence-electron chi connectivity index (χ4n) is 1.99.